The van der Waals surface area contributed by atoms with Gasteiger partial charge in [0, 0.05) is 34.1 Å². The molecule has 2 bridgehead atoms. The Labute approximate surface area is 262 Å². The molecule has 3 unspecified atom stereocenters. The van der Waals surface area contributed by atoms with E-state index in [1.807, 2.05) is 0 Å². The van der Waals surface area contributed by atoms with Crippen molar-refractivity contribution in [3.63, 3.8) is 0 Å². The molecule has 2 nitrogen and oxygen atoms in total. The zero-order valence-electron chi connectivity index (χ0n) is 24.8. The van der Waals surface area contributed by atoms with Crippen molar-refractivity contribution in [3.8, 4) is 0 Å². The minimum absolute atomic E-state index is 0.228. The van der Waals surface area contributed by atoms with Gasteiger partial charge < -0.3 is 5.32 Å². The van der Waals surface area contributed by atoms with E-state index in [1.165, 1.54) is 54.4 Å². The van der Waals surface area contributed by atoms with Crippen molar-refractivity contribution < 1.29 is 0 Å². The molecule has 5 aromatic carbocycles. The average Bonchev–Trinajstić information content (AvgIpc) is 3.08. The summed E-state index contributed by atoms with van der Waals surface area (Å²) in [6, 6.07) is 45.2. The third-order valence-electron chi connectivity index (χ3n) is 9.03. The van der Waals surface area contributed by atoms with Crippen molar-refractivity contribution >= 4 is 59.3 Å². The maximum absolute atomic E-state index is 5.58. The first kappa shape index (κ1) is 27.5. The summed E-state index contributed by atoms with van der Waals surface area (Å²) in [6.07, 6.45) is 9.87. The van der Waals surface area contributed by atoms with Crippen LogP contribution in [0.15, 0.2) is 145 Å². The van der Waals surface area contributed by atoms with E-state index in [1.54, 1.807) is 0 Å². The topological polar surface area (TPSA) is 24.9 Å². The maximum atomic E-state index is 5.58. The number of para-hydroxylation sites is 3. The van der Waals surface area contributed by atoms with Crippen LogP contribution in [0.1, 0.15) is 23.1 Å². The van der Waals surface area contributed by atoms with Gasteiger partial charge >= 0.3 is 0 Å². The molecule has 0 radical (unpaired) electrons. The van der Waals surface area contributed by atoms with Gasteiger partial charge in [-0.25, -0.2) is 4.98 Å². The SMILES string of the molecule is Cc1c2cccc3c2nc2c(cccc12)CP(c1ccccc1)c1ccccc1NC1CC=CC=C1P(c1ccccc1)C3. The van der Waals surface area contributed by atoms with Gasteiger partial charge in [0.15, 0.2) is 0 Å². The van der Waals surface area contributed by atoms with Gasteiger partial charge in [-0.1, -0.05) is 133 Å². The Hall–Kier alpha value is -4.09. The monoisotopic (exact) mass is 604 g/mol. The number of hydrogen-bond acceptors (Lipinski definition) is 2. The molecule has 3 atom stereocenters. The average molecular weight is 605 g/mol. The fourth-order valence-corrected chi connectivity index (χ4v) is 11.9. The Bertz CT molecular complexity index is 2050. The molecule has 4 heteroatoms. The summed E-state index contributed by atoms with van der Waals surface area (Å²) in [4.78, 5) is 5.58. The molecule has 0 fully saturated rings. The number of aryl methyl sites for hydroxylation is 1. The number of aromatic nitrogens is 1. The number of nitrogens with one attached hydrogen (secondary N) is 1. The van der Waals surface area contributed by atoms with Gasteiger partial charge in [-0.2, -0.15) is 0 Å². The zero-order chi connectivity index (χ0) is 29.5. The quantitative estimate of drug-likeness (QED) is 0.157. The second kappa shape index (κ2) is 11.8. The molecule has 8 rings (SSSR count). The van der Waals surface area contributed by atoms with Gasteiger partial charge in [0.1, 0.15) is 0 Å². The molecule has 0 spiro atoms. The van der Waals surface area contributed by atoms with Crippen LogP contribution in [0, 0.1) is 6.92 Å². The first-order valence-electron chi connectivity index (χ1n) is 15.4. The first-order chi connectivity index (χ1) is 21.7. The smallest absolute Gasteiger partial charge is 0.0748 e. The lowest BCUT2D eigenvalue weighted by Crippen LogP contribution is -2.28. The number of benzene rings is 5. The minimum atomic E-state index is -0.694. The van der Waals surface area contributed by atoms with Gasteiger partial charge in [-0.05, 0) is 67.9 Å². The predicted molar refractivity (Wildman–Crippen MR) is 193 cm³/mol. The maximum Gasteiger partial charge on any atom is 0.0748 e. The lowest BCUT2D eigenvalue weighted by atomic mass is 10.00. The summed E-state index contributed by atoms with van der Waals surface area (Å²) in [5.74, 6) is 0. The molecule has 214 valence electrons. The molecular formula is C40H34N2P2. The summed E-state index contributed by atoms with van der Waals surface area (Å²) in [5.41, 5.74) is 7.56. The van der Waals surface area contributed by atoms with E-state index in [4.69, 9.17) is 4.98 Å². The van der Waals surface area contributed by atoms with Gasteiger partial charge in [0.2, 0.25) is 0 Å². The highest BCUT2D eigenvalue weighted by Gasteiger charge is 2.28. The third kappa shape index (κ3) is 4.97. The lowest BCUT2D eigenvalue weighted by Gasteiger charge is -2.33. The number of fused-ring (bicyclic) bond motifs is 2. The van der Waals surface area contributed by atoms with E-state index in [9.17, 15) is 0 Å². The van der Waals surface area contributed by atoms with E-state index in [0.29, 0.717) is 0 Å². The molecule has 0 saturated carbocycles. The molecule has 2 aliphatic rings. The van der Waals surface area contributed by atoms with E-state index in [-0.39, 0.29) is 6.04 Å². The molecular weight excluding hydrogens is 570 g/mol. The van der Waals surface area contributed by atoms with Gasteiger partial charge in [0.05, 0.1) is 17.1 Å². The van der Waals surface area contributed by atoms with Crippen LogP contribution in [0.2, 0.25) is 0 Å². The zero-order valence-corrected chi connectivity index (χ0v) is 26.6. The normalized spacial score (nSPS) is 19.7. The van der Waals surface area contributed by atoms with E-state index >= 15 is 0 Å². The Morgan fingerprint density at radius 1 is 0.636 bits per heavy atom. The van der Waals surface area contributed by atoms with Crippen LogP contribution in [0.25, 0.3) is 21.8 Å². The van der Waals surface area contributed by atoms with Crippen molar-refractivity contribution in [3.05, 3.63) is 162 Å². The van der Waals surface area contributed by atoms with Crippen LogP contribution in [0.3, 0.4) is 0 Å². The van der Waals surface area contributed by atoms with Crippen LogP contribution < -0.4 is 21.2 Å². The molecule has 0 amide bonds. The highest BCUT2D eigenvalue weighted by molar-refractivity contribution is 7.72. The Morgan fingerprint density at radius 2 is 1.23 bits per heavy atom. The van der Waals surface area contributed by atoms with Crippen LogP contribution in [0.4, 0.5) is 5.69 Å². The second-order valence-corrected chi connectivity index (χ2v) is 16.1. The number of pyridine rings is 1. The van der Waals surface area contributed by atoms with Crippen LogP contribution in [-0.4, -0.2) is 11.0 Å². The molecule has 6 aromatic rings. The van der Waals surface area contributed by atoms with Crippen LogP contribution in [0.5, 0.6) is 0 Å². The van der Waals surface area contributed by atoms with E-state index in [2.05, 4.69) is 152 Å². The molecule has 1 aromatic heterocycles. The highest BCUT2D eigenvalue weighted by Crippen LogP contribution is 2.52. The fourth-order valence-electron chi connectivity index (χ4n) is 6.82. The molecule has 2 heterocycles. The van der Waals surface area contributed by atoms with Gasteiger partial charge in [-0.3, -0.25) is 0 Å². The number of anilines is 1. The first-order valence-corrected chi connectivity index (χ1v) is 18.5. The second-order valence-electron chi connectivity index (χ2n) is 11.7. The van der Waals surface area contributed by atoms with Crippen molar-refractivity contribution in [2.45, 2.75) is 31.7 Å². The Balaban J connectivity index is 1.43. The third-order valence-corrected chi connectivity index (χ3v) is 14.2. The van der Waals surface area contributed by atoms with Gasteiger partial charge in [-0.15, -0.1) is 0 Å². The molecule has 1 aliphatic carbocycles. The highest BCUT2D eigenvalue weighted by atomic mass is 31.1. The van der Waals surface area contributed by atoms with Crippen LogP contribution in [-0.2, 0) is 12.3 Å². The van der Waals surface area contributed by atoms with Crippen molar-refractivity contribution in [1.29, 1.82) is 0 Å². The number of rotatable bonds is 2. The summed E-state index contributed by atoms with van der Waals surface area (Å²) in [5, 5.41) is 12.4. The summed E-state index contributed by atoms with van der Waals surface area (Å²) >= 11 is 0. The largest absolute Gasteiger partial charge is 0.377 e. The summed E-state index contributed by atoms with van der Waals surface area (Å²) in [6.45, 7) is 2.28. The Morgan fingerprint density at radius 3 is 1.91 bits per heavy atom. The molecule has 44 heavy (non-hydrogen) atoms. The van der Waals surface area contributed by atoms with Crippen molar-refractivity contribution in [1.82, 2.24) is 4.98 Å². The standard InChI is InChI=1S/C40H34N2P2/c1-28-33-20-12-14-29-26-43(31-16-4-2-5-17-31)37-24-10-8-22-35(37)41-36-23-9-11-25-38(36)44(32-18-6-3-7-19-32)27-30-15-13-21-34(28)40(30)42-39(29)33/h2-22,24-25,36,41H,23,26-27H2,1H3. The number of hydrogen-bond donors (Lipinski definition) is 1. The fraction of sp³-hybridized carbons (Fsp3) is 0.125. The van der Waals surface area contributed by atoms with Crippen molar-refractivity contribution in [2.24, 2.45) is 0 Å². The lowest BCUT2D eigenvalue weighted by molar-refractivity contribution is 0.868. The van der Waals surface area contributed by atoms with Gasteiger partial charge in [0.25, 0.3) is 0 Å². The molecule has 1 aliphatic heterocycles. The molecule has 0 saturated heterocycles. The van der Waals surface area contributed by atoms with Crippen LogP contribution >= 0.6 is 15.8 Å². The summed E-state index contributed by atoms with van der Waals surface area (Å²) < 4.78 is 0. The minimum Gasteiger partial charge on any atom is -0.377 e. The molecule has 1 N–H and O–H groups in total. The van der Waals surface area contributed by atoms with E-state index in [0.717, 1.165) is 29.8 Å². The predicted octanol–water partition coefficient (Wildman–Crippen LogP) is 9.27. The number of nitrogens with zero attached hydrogens (tertiary/aromatic N) is 1. The Kier molecular flexibility index (Phi) is 7.35. The van der Waals surface area contributed by atoms with Crippen molar-refractivity contribution in [2.75, 3.05) is 5.32 Å². The number of allylic oxidation sites excluding steroid dienone is 2. The summed E-state index contributed by atoms with van der Waals surface area (Å²) in [7, 11) is -1.35. The van der Waals surface area contributed by atoms with E-state index < -0.39 is 15.8 Å².